The van der Waals surface area contributed by atoms with E-state index < -0.39 is 5.97 Å². The minimum Gasteiger partial charge on any atom is -0.452 e. The van der Waals surface area contributed by atoms with Crippen molar-refractivity contribution in [2.75, 3.05) is 11.9 Å². The van der Waals surface area contributed by atoms with E-state index in [0.29, 0.717) is 11.3 Å². The lowest BCUT2D eigenvalue weighted by atomic mass is 10.1. The number of hydrogen-bond acceptors (Lipinski definition) is 4. The van der Waals surface area contributed by atoms with E-state index in [4.69, 9.17) is 4.74 Å². The predicted octanol–water partition coefficient (Wildman–Crippen LogP) is 4.64. The van der Waals surface area contributed by atoms with Gasteiger partial charge < -0.3 is 15.0 Å². The number of benzene rings is 3. The number of aryl methyl sites for hydroxylation is 2. The van der Waals surface area contributed by atoms with Crippen molar-refractivity contribution in [2.24, 2.45) is 0 Å². The zero-order valence-corrected chi connectivity index (χ0v) is 16.7. The molecule has 1 aromatic heterocycles. The van der Waals surface area contributed by atoms with Crippen LogP contribution in [-0.2, 0) is 9.53 Å². The van der Waals surface area contributed by atoms with Gasteiger partial charge in [0.05, 0.1) is 16.6 Å². The largest absolute Gasteiger partial charge is 0.452 e. The van der Waals surface area contributed by atoms with E-state index in [-0.39, 0.29) is 12.5 Å². The van der Waals surface area contributed by atoms with Crippen molar-refractivity contribution in [2.45, 2.75) is 13.8 Å². The van der Waals surface area contributed by atoms with E-state index in [1.54, 1.807) is 24.3 Å². The second-order valence-corrected chi connectivity index (χ2v) is 7.12. The van der Waals surface area contributed by atoms with Crippen LogP contribution in [0.3, 0.4) is 0 Å². The number of carbonyl (C=O) groups is 2. The first-order chi connectivity index (χ1) is 14.5. The van der Waals surface area contributed by atoms with Crippen molar-refractivity contribution in [1.29, 1.82) is 0 Å². The molecule has 0 unspecified atom stereocenters. The Morgan fingerprint density at radius 1 is 1.00 bits per heavy atom. The lowest BCUT2D eigenvalue weighted by Gasteiger charge is -2.08. The van der Waals surface area contributed by atoms with Crippen molar-refractivity contribution >= 4 is 28.6 Å². The second-order valence-electron chi connectivity index (χ2n) is 7.12. The minimum absolute atomic E-state index is 0.352. The lowest BCUT2D eigenvalue weighted by Crippen LogP contribution is -2.21. The van der Waals surface area contributed by atoms with Gasteiger partial charge in [0.2, 0.25) is 0 Å². The van der Waals surface area contributed by atoms with Crippen LogP contribution in [0.2, 0.25) is 0 Å². The summed E-state index contributed by atoms with van der Waals surface area (Å²) in [7, 11) is 0. The maximum absolute atomic E-state index is 12.4. The van der Waals surface area contributed by atoms with Crippen molar-refractivity contribution in [3.63, 3.8) is 0 Å². The first kappa shape index (κ1) is 19.4. The van der Waals surface area contributed by atoms with Crippen LogP contribution < -0.4 is 5.32 Å². The summed E-state index contributed by atoms with van der Waals surface area (Å²) in [6, 6.07) is 20.5. The molecule has 6 nitrogen and oxygen atoms in total. The van der Waals surface area contributed by atoms with Crippen LogP contribution in [0.4, 0.5) is 5.69 Å². The van der Waals surface area contributed by atoms with E-state index in [1.807, 2.05) is 56.3 Å². The Kier molecular flexibility index (Phi) is 5.30. The summed E-state index contributed by atoms with van der Waals surface area (Å²) >= 11 is 0. The molecule has 30 heavy (non-hydrogen) atoms. The number of fused-ring (bicyclic) bond motifs is 1. The van der Waals surface area contributed by atoms with E-state index in [0.717, 1.165) is 28.0 Å². The zero-order valence-electron chi connectivity index (χ0n) is 16.7. The first-order valence-corrected chi connectivity index (χ1v) is 9.59. The molecule has 6 heteroatoms. The second kappa shape index (κ2) is 8.21. The standard InChI is InChI=1S/C24H21N3O3/c1-15-7-9-17(10-8-15)23-26-20-12-11-18(13-21(20)27-23)24(29)30-14-22(28)25-19-6-4-3-5-16(19)2/h3-13H,14H2,1-2H3,(H,25,28)(H,26,27). The van der Waals surface area contributed by atoms with Gasteiger partial charge in [-0.1, -0.05) is 48.0 Å². The average molecular weight is 399 g/mol. The number of ether oxygens (including phenoxy) is 1. The van der Waals surface area contributed by atoms with Crippen LogP contribution in [0.25, 0.3) is 22.4 Å². The average Bonchev–Trinajstić information content (AvgIpc) is 3.17. The highest BCUT2D eigenvalue weighted by Crippen LogP contribution is 2.22. The Labute approximate surface area is 173 Å². The number of nitrogens with zero attached hydrogens (tertiary/aromatic N) is 1. The minimum atomic E-state index is -0.566. The molecule has 0 saturated carbocycles. The molecule has 1 heterocycles. The van der Waals surface area contributed by atoms with Crippen molar-refractivity contribution < 1.29 is 14.3 Å². The molecule has 0 bridgehead atoms. The van der Waals surface area contributed by atoms with Crippen LogP contribution in [0, 0.1) is 13.8 Å². The van der Waals surface area contributed by atoms with E-state index in [9.17, 15) is 9.59 Å². The van der Waals surface area contributed by atoms with Gasteiger partial charge in [0.25, 0.3) is 5.91 Å². The Morgan fingerprint density at radius 3 is 2.53 bits per heavy atom. The Balaban J connectivity index is 1.43. The molecule has 0 saturated heterocycles. The summed E-state index contributed by atoms with van der Waals surface area (Å²) in [5.41, 5.74) is 5.60. The Hall–Kier alpha value is -3.93. The third kappa shape index (κ3) is 4.22. The van der Waals surface area contributed by atoms with E-state index in [1.165, 1.54) is 5.56 Å². The molecule has 150 valence electrons. The predicted molar refractivity (Wildman–Crippen MR) is 116 cm³/mol. The summed E-state index contributed by atoms with van der Waals surface area (Å²) in [5, 5.41) is 2.74. The fourth-order valence-electron chi connectivity index (χ4n) is 3.10. The van der Waals surface area contributed by atoms with Gasteiger partial charge in [0.15, 0.2) is 6.61 Å². The molecule has 0 fully saturated rings. The quantitative estimate of drug-likeness (QED) is 0.479. The fraction of sp³-hybridized carbons (Fsp3) is 0.125. The number of amides is 1. The maximum atomic E-state index is 12.4. The van der Waals surface area contributed by atoms with Crippen LogP contribution in [-0.4, -0.2) is 28.5 Å². The Bertz CT molecular complexity index is 1230. The third-order valence-electron chi connectivity index (χ3n) is 4.80. The molecule has 0 atom stereocenters. The van der Waals surface area contributed by atoms with Crippen molar-refractivity contribution in [3.8, 4) is 11.4 Å². The molecule has 0 radical (unpaired) electrons. The number of aromatic amines is 1. The number of hydrogen-bond donors (Lipinski definition) is 2. The molecule has 0 aliphatic heterocycles. The Morgan fingerprint density at radius 2 is 1.77 bits per heavy atom. The van der Waals surface area contributed by atoms with Gasteiger partial charge in [-0.15, -0.1) is 0 Å². The maximum Gasteiger partial charge on any atom is 0.338 e. The van der Waals surface area contributed by atoms with Gasteiger partial charge in [-0.25, -0.2) is 9.78 Å². The first-order valence-electron chi connectivity index (χ1n) is 9.59. The fourth-order valence-corrected chi connectivity index (χ4v) is 3.10. The highest BCUT2D eigenvalue weighted by atomic mass is 16.5. The van der Waals surface area contributed by atoms with E-state index >= 15 is 0 Å². The SMILES string of the molecule is Cc1ccc(-c2nc3ccc(C(=O)OCC(=O)Nc4ccccc4C)cc3[nH]2)cc1. The third-order valence-corrected chi connectivity index (χ3v) is 4.80. The topological polar surface area (TPSA) is 84.1 Å². The van der Waals surface area contributed by atoms with Crippen molar-refractivity contribution in [1.82, 2.24) is 9.97 Å². The van der Waals surface area contributed by atoms with Gasteiger partial charge in [-0.2, -0.15) is 0 Å². The number of imidazole rings is 1. The van der Waals surface area contributed by atoms with E-state index in [2.05, 4.69) is 15.3 Å². The summed E-state index contributed by atoms with van der Waals surface area (Å²) in [4.78, 5) is 32.3. The zero-order chi connectivity index (χ0) is 21.1. The number of para-hydroxylation sites is 1. The van der Waals surface area contributed by atoms with Gasteiger partial charge in [-0.3, -0.25) is 4.79 Å². The molecule has 3 aromatic carbocycles. The number of H-pyrrole nitrogens is 1. The van der Waals surface area contributed by atoms with Gasteiger partial charge in [0.1, 0.15) is 5.82 Å². The monoisotopic (exact) mass is 399 g/mol. The summed E-state index contributed by atoms with van der Waals surface area (Å²) in [6.07, 6.45) is 0. The van der Waals surface area contributed by atoms with Crippen molar-refractivity contribution in [3.05, 3.63) is 83.4 Å². The number of esters is 1. The van der Waals surface area contributed by atoms with Crippen LogP contribution in [0.5, 0.6) is 0 Å². The number of rotatable bonds is 5. The van der Waals surface area contributed by atoms with Gasteiger partial charge >= 0.3 is 5.97 Å². The molecule has 1 amide bonds. The van der Waals surface area contributed by atoms with Gasteiger partial charge in [-0.05, 0) is 43.7 Å². The van der Waals surface area contributed by atoms with Gasteiger partial charge in [0, 0.05) is 11.3 Å². The smallest absolute Gasteiger partial charge is 0.338 e. The molecular formula is C24H21N3O3. The number of anilines is 1. The lowest BCUT2D eigenvalue weighted by molar-refractivity contribution is -0.119. The highest BCUT2D eigenvalue weighted by molar-refractivity contribution is 5.97. The molecule has 4 aromatic rings. The molecule has 4 rings (SSSR count). The number of nitrogens with one attached hydrogen (secondary N) is 2. The summed E-state index contributed by atoms with van der Waals surface area (Å²) in [5.74, 6) is -0.224. The highest BCUT2D eigenvalue weighted by Gasteiger charge is 2.13. The molecule has 0 aliphatic rings. The van der Waals surface area contributed by atoms with Crippen LogP contribution in [0.1, 0.15) is 21.5 Å². The molecule has 0 aliphatic carbocycles. The normalized spacial score (nSPS) is 10.7. The van der Waals surface area contributed by atoms with Crippen LogP contribution in [0.15, 0.2) is 66.7 Å². The number of carbonyl (C=O) groups excluding carboxylic acids is 2. The molecule has 0 spiro atoms. The summed E-state index contributed by atoms with van der Waals surface area (Å²) in [6.45, 7) is 3.57. The molecule has 2 N–H and O–H groups in total. The summed E-state index contributed by atoms with van der Waals surface area (Å²) < 4.78 is 5.17. The number of aromatic nitrogens is 2. The molecular weight excluding hydrogens is 378 g/mol. The van der Waals surface area contributed by atoms with Crippen LogP contribution >= 0.6 is 0 Å².